The number of piperidine rings is 1. The van der Waals surface area contributed by atoms with Gasteiger partial charge in [0.05, 0.1) is 0 Å². The molecule has 2 nitrogen and oxygen atoms in total. The van der Waals surface area contributed by atoms with E-state index in [2.05, 4.69) is 0 Å². The molecule has 0 N–H and O–H groups in total. The van der Waals surface area contributed by atoms with Crippen molar-refractivity contribution >= 4 is 5.78 Å². The maximum atomic E-state index is 13.0. The second-order valence-electron chi connectivity index (χ2n) is 4.30. The molecule has 12 heavy (non-hydrogen) atoms. The van der Waals surface area contributed by atoms with Crippen molar-refractivity contribution in [1.29, 1.82) is 0 Å². The summed E-state index contributed by atoms with van der Waals surface area (Å²) < 4.78 is 13.0. The van der Waals surface area contributed by atoms with Crippen LogP contribution in [0, 0.1) is 0 Å². The average molecular weight is 173 g/mol. The monoisotopic (exact) mass is 173 g/mol. The van der Waals surface area contributed by atoms with Gasteiger partial charge >= 0.3 is 0 Å². The second kappa shape index (κ2) is 3.13. The topological polar surface area (TPSA) is 20.3 Å². The quantitative estimate of drug-likeness (QED) is 0.552. The van der Waals surface area contributed by atoms with Crippen LogP contribution < -0.4 is 0 Å². The van der Waals surface area contributed by atoms with E-state index in [9.17, 15) is 9.18 Å². The number of ketones is 1. The van der Waals surface area contributed by atoms with Crippen molar-refractivity contribution in [1.82, 2.24) is 4.90 Å². The number of hydrogen-bond acceptors (Lipinski definition) is 2. The zero-order valence-corrected chi connectivity index (χ0v) is 7.93. The third kappa shape index (κ3) is 2.03. The fraction of sp³-hybridized carbons (Fsp3) is 0.889. The maximum absolute atomic E-state index is 13.0. The third-order valence-electron chi connectivity index (χ3n) is 2.31. The molecule has 1 unspecified atom stereocenters. The molecular formula is C9H16FNO. The van der Waals surface area contributed by atoms with Crippen molar-refractivity contribution in [2.45, 2.75) is 38.9 Å². The van der Waals surface area contributed by atoms with E-state index in [1.807, 2.05) is 25.7 Å². The van der Waals surface area contributed by atoms with Gasteiger partial charge in [-0.2, -0.15) is 0 Å². The number of rotatable bonds is 0. The van der Waals surface area contributed by atoms with Gasteiger partial charge in [0, 0.05) is 25.0 Å². The first kappa shape index (κ1) is 9.65. The molecule has 70 valence electrons. The van der Waals surface area contributed by atoms with Crippen LogP contribution in [0.25, 0.3) is 0 Å². The molecule has 1 atom stereocenters. The van der Waals surface area contributed by atoms with Gasteiger partial charge in [-0.15, -0.1) is 0 Å². The number of Topliss-reactive ketones (excluding diaryl/α,β-unsaturated/α-hetero) is 1. The van der Waals surface area contributed by atoms with Crippen molar-refractivity contribution < 1.29 is 9.18 Å². The van der Waals surface area contributed by atoms with Crippen LogP contribution in [0.1, 0.15) is 27.2 Å². The summed E-state index contributed by atoms with van der Waals surface area (Å²) >= 11 is 0. The van der Waals surface area contributed by atoms with Gasteiger partial charge in [-0.25, -0.2) is 4.39 Å². The fourth-order valence-corrected chi connectivity index (χ4v) is 1.40. The lowest BCUT2D eigenvalue weighted by Gasteiger charge is -2.38. The molecule has 0 saturated carbocycles. The molecule has 0 aliphatic carbocycles. The van der Waals surface area contributed by atoms with Gasteiger partial charge in [-0.1, -0.05) is 0 Å². The van der Waals surface area contributed by atoms with Crippen molar-refractivity contribution in [3.05, 3.63) is 0 Å². The minimum Gasteiger partial charge on any atom is -0.296 e. The normalized spacial score (nSPS) is 27.7. The van der Waals surface area contributed by atoms with Crippen molar-refractivity contribution in [2.24, 2.45) is 0 Å². The van der Waals surface area contributed by atoms with E-state index in [4.69, 9.17) is 0 Å². The Morgan fingerprint density at radius 1 is 1.50 bits per heavy atom. The first-order valence-electron chi connectivity index (χ1n) is 4.33. The maximum Gasteiger partial charge on any atom is 0.171 e. The largest absolute Gasteiger partial charge is 0.296 e. The summed E-state index contributed by atoms with van der Waals surface area (Å²) in [7, 11) is 0. The third-order valence-corrected chi connectivity index (χ3v) is 2.31. The molecule has 0 bridgehead atoms. The smallest absolute Gasteiger partial charge is 0.171 e. The van der Waals surface area contributed by atoms with Crippen LogP contribution in [-0.4, -0.2) is 35.5 Å². The molecule has 0 aromatic heterocycles. The summed E-state index contributed by atoms with van der Waals surface area (Å²) in [5.41, 5.74) is -0.0228. The van der Waals surface area contributed by atoms with Gasteiger partial charge in [0.15, 0.2) is 12.0 Å². The highest BCUT2D eigenvalue weighted by Crippen LogP contribution is 2.19. The Balaban J connectivity index is 2.57. The highest BCUT2D eigenvalue weighted by atomic mass is 19.1. The number of hydrogen-bond donors (Lipinski definition) is 0. The molecule has 0 aromatic carbocycles. The molecule has 1 heterocycles. The Hall–Kier alpha value is -0.440. The number of likely N-dealkylation sites (tertiary alicyclic amines) is 1. The molecule has 1 aliphatic rings. The van der Waals surface area contributed by atoms with Crippen LogP contribution in [0.5, 0.6) is 0 Å². The van der Waals surface area contributed by atoms with E-state index < -0.39 is 6.17 Å². The Labute approximate surface area is 72.7 Å². The van der Waals surface area contributed by atoms with Crippen molar-refractivity contribution in [3.8, 4) is 0 Å². The summed E-state index contributed by atoms with van der Waals surface area (Å²) in [5, 5.41) is 0. The Morgan fingerprint density at radius 2 is 2.08 bits per heavy atom. The molecular weight excluding hydrogens is 157 g/mol. The van der Waals surface area contributed by atoms with Crippen LogP contribution in [0.4, 0.5) is 4.39 Å². The summed E-state index contributed by atoms with van der Waals surface area (Å²) in [4.78, 5) is 12.9. The van der Waals surface area contributed by atoms with Gasteiger partial charge in [-0.3, -0.25) is 9.69 Å². The molecule has 1 aliphatic heterocycles. The fourth-order valence-electron chi connectivity index (χ4n) is 1.40. The van der Waals surface area contributed by atoms with Crippen molar-refractivity contribution in [2.75, 3.05) is 13.1 Å². The zero-order chi connectivity index (χ0) is 9.35. The van der Waals surface area contributed by atoms with Gasteiger partial charge in [0.2, 0.25) is 0 Å². The lowest BCUT2D eigenvalue weighted by molar-refractivity contribution is -0.128. The van der Waals surface area contributed by atoms with Crippen LogP contribution in [0.2, 0.25) is 0 Å². The molecule has 1 fully saturated rings. The van der Waals surface area contributed by atoms with E-state index in [1.54, 1.807) is 0 Å². The van der Waals surface area contributed by atoms with Gasteiger partial charge in [-0.05, 0) is 20.8 Å². The summed E-state index contributed by atoms with van der Waals surface area (Å²) in [5.74, 6) is -0.240. The molecule has 0 aromatic rings. The lowest BCUT2D eigenvalue weighted by atomic mass is 9.99. The number of halogens is 1. The van der Waals surface area contributed by atoms with Gasteiger partial charge < -0.3 is 0 Å². The van der Waals surface area contributed by atoms with Crippen molar-refractivity contribution in [3.63, 3.8) is 0 Å². The van der Waals surface area contributed by atoms with E-state index in [0.29, 0.717) is 13.0 Å². The standard InChI is InChI=1S/C9H16FNO/c1-9(2,3)11-5-4-8(12)7(10)6-11/h7H,4-6H2,1-3H3. The second-order valence-corrected chi connectivity index (χ2v) is 4.30. The zero-order valence-electron chi connectivity index (χ0n) is 7.93. The van der Waals surface area contributed by atoms with E-state index in [1.165, 1.54) is 0 Å². The Bertz CT molecular complexity index is 185. The number of nitrogens with zero attached hydrogens (tertiary/aromatic N) is 1. The molecule has 0 radical (unpaired) electrons. The number of carbonyl (C=O) groups excluding carboxylic acids is 1. The van der Waals surface area contributed by atoms with Crippen LogP contribution in [0.3, 0.4) is 0 Å². The summed E-state index contributed by atoms with van der Waals surface area (Å²) in [6.07, 6.45) is -0.906. The lowest BCUT2D eigenvalue weighted by Crippen LogP contribution is -2.50. The summed E-state index contributed by atoms with van der Waals surface area (Å²) in [6, 6.07) is 0. The highest BCUT2D eigenvalue weighted by molar-refractivity contribution is 5.84. The number of alkyl halides is 1. The molecule has 0 spiro atoms. The van der Waals surface area contributed by atoms with Crippen LogP contribution in [-0.2, 0) is 4.79 Å². The highest BCUT2D eigenvalue weighted by Gasteiger charge is 2.32. The van der Waals surface area contributed by atoms with Crippen LogP contribution >= 0.6 is 0 Å². The summed E-state index contributed by atoms with van der Waals surface area (Å²) in [6.45, 7) is 7.08. The minimum absolute atomic E-state index is 0.0228. The SMILES string of the molecule is CC(C)(C)N1CCC(=O)C(F)C1. The van der Waals surface area contributed by atoms with E-state index in [-0.39, 0.29) is 17.9 Å². The van der Waals surface area contributed by atoms with Gasteiger partial charge in [0.1, 0.15) is 0 Å². The molecule has 1 rings (SSSR count). The predicted octanol–water partition coefficient (Wildman–Crippen LogP) is 1.40. The Morgan fingerprint density at radius 3 is 2.50 bits per heavy atom. The first-order valence-corrected chi connectivity index (χ1v) is 4.33. The molecule has 3 heteroatoms. The minimum atomic E-state index is -1.27. The predicted molar refractivity (Wildman–Crippen MR) is 45.8 cm³/mol. The van der Waals surface area contributed by atoms with E-state index >= 15 is 0 Å². The Kier molecular flexibility index (Phi) is 2.52. The first-order chi connectivity index (χ1) is 5.41. The molecule has 0 amide bonds. The molecule has 1 saturated heterocycles. The van der Waals surface area contributed by atoms with Gasteiger partial charge in [0.25, 0.3) is 0 Å². The van der Waals surface area contributed by atoms with Crippen LogP contribution in [0.15, 0.2) is 0 Å². The average Bonchev–Trinajstić information content (AvgIpc) is 1.92. The number of carbonyl (C=O) groups is 1. The van der Waals surface area contributed by atoms with E-state index in [0.717, 1.165) is 0 Å².